The molecule has 3 saturated heterocycles. The van der Waals surface area contributed by atoms with Gasteiger partial charge in [0.1, 0.15) is 46.3 Å². The van der Waals surface area contributed by atoms with Gasteiger partial charge in [-0.25, -0.2) is 0 Å². The quantitative estimate of drug-likeness (QED) is 0.0616. The van der Waals surface area contributed by atoms with Gasteiger partial charge in [0.25, 0.3) is 0 Å². The van der Waals surface area contributed by atoms with Crippen molar-refractivity contribution in [1.82, 2.24) is 0 Å². The van der Waals surface area contributed by atoms with E-state index in [2.05, 4.69) is 0 Å². The minimum atomic E-state index is -5.44. The van der Waals surface area contributed by atoms with Crippen LogP contribution < -0.4 is 20.4 Å². The van der Waals surface area contributed by atoms with Crippen LogP contribution in [-0.2, 0) is 87.0 Å². The molecule has 0 amide bonds. The molecule has 6 unspecified atom stereocenters. The van der Waals surface area contributed by atoms with E-state index in [9.17, 15) is 143 Å². The molecule has 3 heterocycles. The summed E-state index contributed by atoms with van der Waals surface area (Å²) in [4.78, 5) is 26.4. The molecule has 3 aliphatic heterocycles. The number of anilines is 3. The van der Waals surface area contributed by atoms with Gasteiger partial charge in [0.05, 0.1) is 33.4 Å². The number of aliphatic hydroxyl groups excluding tert-OH is 3. The number of carbonyl (C=O) groups excluding carboxylic acids is 2. The second kappa shape index (κ2) is 31.5. The topological polar surface area (TPSA) is 140 Å². The van der Waals surface area contributed by atoms with Gasteiger partial charge in [-0.05, 0) is 190 Å². The molecule has 4 aliphatic rings. The van der Waals surface area contributed by atoms with E-state index in [-0.39, 0.29) is 131 Å². The molecule has 111 heavy (non-hydrogen) atoms. The molecular weight excluding hydrogens is 1620 g/mol. The molecule has 10 rings (SSSR count). The second-order valence-corrected chi connectivity index (χ2v) is 28.8. The van der Waals surface area contributed by atoms with Crippen LogP contribution >= 0.6 is 34.8 Å². The summed E-state index contributed by atoms with van der Waals surface area (Å²) in [5.41, 5.74) is -19.8. The minimum absolute atomic E-state index is 0.0000509. The maximum absolute atomic E-state index is 14.5. The highest BCUT2D eigenvalue weighted by Crippen LogP contribution is 2.58. The van der Waals surface area contributed by atoms with E-state index in [1.807, 2.05) is 0 Å². The molecule has 4 fully saturated rings. The number of benzene rings is 6. The van der Waals surface area contributed by atoms with Crippen LogP contribution in [0.3, 0.4) is 0 Å². The van der Waals surface area contributed by atoms with Crippen molar-refractivity contribution in [3.05, 3.63) is 191 Å². The number of alkyl halides is 27. The molecule has 0 radical (unpaired) electrons. The Bertz CT molecular complexity index is 4280. The molecule has 6 aromatic rings. The molecule has 0 spiro atoms. The first-order valence-corrected chi connectivity index (χ1v) is 33.9. The number of halogens is 30. The van der Waals surface area contributed by atoms with Crippen molar-refractivity contribution in [3.63, 3.8) is 0 Å². The lowest BCUT2D eigenvalue weighted by Gasteiger charge is -2.38. The highest BCUT2D eigenvalue weighted by molar-refractivity contribution is 6.32. The largest absolute Gasteiger partial charge is 0.460 e. The summed E-state index contributed by atoms with van der Waals surface area (Å²) in [6.07, 6.45) is -56.9. The number of esters is 1. The lowest BCUT2D eigenvalue weighted by Crippen LogP contribution is -2.52. The van der Waals surface area contributed by atoms with Crippen LogP contribution in [-0.4, -0.2) is 89.5 Å². The number of Topliss-reactive ketones (excluding diaryl/α,β-unsaturated/α-hetero) is 1. The van der Waals surface area contributed by atoms with Crippen molar-refractivity contribution in [2.75, 3.05) is 34.3 Å². The molecule has 10 nitrogen and oxygen atoms in total. The van der Waals surface area contributed by atoms with E-state index in [0.29, 0.717) is 16.7 Å². The predicted molar refractivity (Wildman–Crippen MR) is 349 cm³/mol. The van der Waals surface area contributed by atoms with Gasteiger partial charge in [-0.15, -0.1) is 0 Å². The van der Waals surface area contributed by atoms with Crippen LogP contribution in [0.4, 0.5) is 136 Å². The Morgan fingerprint density at radius 1 is 0.405 bits per heavy atom. The zero-order chi connectivity index (χ0) is 83.7. The molecule has 1 aliphatic carbocycles. The van der Waals surface area contributed by atoms with Gasteiger partial charge in [-0.1, -0.05) is 53.0 Å². The number of ether oxygens (including phenoxy) is 1. The third-order valence-corrected chi connectivity index (χ3v) is 20.3. The van der Waals surface area contributed by atoms with Crippen molar-refractivity contribution in [1.29, 1.82) is 0 Å². The van der Waals surface area contributed by atoms with E-state index in [4.69, 9.17) is 45.3 Å². The molecule has 5 N–H and O–H groups in total. The summed E-state index contributed by atoms with van der Waals surface area (Å²) in [6, 6.07) is 11.0. The Morgan fingerprint density at radius 2 is 0.658 bits per heavy atom. The normalized spacial score (nSPS) is 21.8. The maximum atomic E-state index is 14.5. The van der Waals surface area contributed by atoms with Gasteiger partial charge in [0.15, 0.2) is 0 Å². The van der Waals surface area contributed by atoms with Crippen LogP contribution in [0.5, 0.6) is 0 Å². The fourth-order valence-corrected chi connectivity index (χ4v) is 14.1. The Labute approximate surface area is 627 Å². The zero-order valence-electron chi connectivity index (χ0n) is 57.2. The molecule has 612 valence electrons. The fourth-order valence-electron chi connectivity index (χ4n) is 13.3. The lowest BCUT2D eigenvalue weighted by atomic mass is 9.76. The van der Waals surface area contributed by atoms with Crippen LogP contribution in [0.15, 0.2) is 109 Å². The second-order valence-electron chi connectivity index (χ2n) is 27.6. The number of nitrogens with zero attached hydrogens (tertiary/aromatic N) is 3. The average molecular weight is 1690 g/mol. The number of aryl methyl sites for hydroxylation is 2. The highest BCUT2D eigenvalue weighted by atomic mass is 35.5. The van der Waals surface area contributed by atoms with E-state index < -0.39 is 191 Å². The van der Waals surface area contributed by atoms with Gasteiger partial charge in [-0.2, -0.15) is 119 Å². The van der Waals surface area contributed by atoms with Crippen LogP contribution in [0.2, 0.25) is 15.1 Å². The molecular formula is C71H62Cl3F27N4O6. The first kappa shape index (κ1) is 89.2. The fraction of sp³-hybridized carbons (Fsp3) is 0.465. The van der Waals surface area contributed by atoms with Crippen molar-refractivity contribution in [2.24, 2.45) is 11.7 Å². The van der Waals surface area contributed by atoms with E-state index in [1.165, 1.54) is 54.6 Å². The molecule has 6 atom stereocenters. The van der Waals surface area contributed by atoms with E-state index in [0.717, 1.165) is 27.5 Å². The Kier molecular flexibility index (Phi) is 25.3. The third-order valence-electron chi connectivity index (χ3n) is 19.3. The van der Waals surface area contributed by atoms with Gasteiger partial charge in [-0.3, -0.25) is 9.59 Å². The molecule has 6 aromatic carbocycles. The number of hydrogen-bond acceptors (Lipinski definition) is 10. The monoisotopic (exact) mass is 1680 g/mol. The predicted octanol–water partition coefficient (Wildman–Crippen LogP) is 20.9. The molecule has 1 saturated carbocycles. The van der Waals surface area contributed by atoms with Gasteiger partial charge in [0.2, 0.25) is 0 Å². The molecule has 40 heteroatoms. The van der Waals surface area contributed by atoms with Crippen LogP contribution in [0.1, 0.15) is 132 Å². The standard InChI is InChI=1S/C26H25ClF9NO3.C25H21ClF9NO2.C20H16ClF9N2O/c1-22(2,3)40-20(38)7-5-14-4-6-18(13-19(14)27)37-9-8-23(21(37)39,26(34,35)36)15-10-16(24(28,29)30)12-17(11-15)25(31,32)33;26-19-12-18(5-3-13(19)4-6-20(37)14-1-2-14)36-8-7-22(21(36)38,25(33,34)35)15-9-16(23(27,28)29)11-17(10-15)24(30,31)32;21-15-8-14(2-1-10(15)9-31)32-4-3-17(16(32)33,20(28,29)30)11-5-12(18(22,23)24)7-13(6-11)19(25,26)27/h4,6,10-13,21,39H,5,7-9H2,1-3H3;3,5,9-12,14,21,38H,1-2,4,6-8H2;1-2,5-8,16,33H,3-4,9,31H2. The van der Waals surface area contributed by atoms with Crippen molar-refractivity contribution >= 4 is 63.6 Å². The maximum Gasteiger partial charge on any atom is 0.416 e. The minimum Gasteiger partial charge on any atom is -0.460 e. The Morgan fingerprint density at radius 3 is 0.874 bits per heavy atom. The van der Waals surface area contributed by atoms with Gasteiger partial charge >= 0.3 is 61.6 Å². The first-order valence-electron chi connectivity index (χ1n) is 32.8. The number of nitrogens with two attached hydrogens (primary N) is 1. The smallest absolute Gasteiger partial charge is 0.416 e. The number of aliphatic hydroxyl groups is 3. The molecule has 0 aromatic heterocycles. The zero-order valence-corrected chi connectivity index (χ0v) is 59.5. The Hall–Kier alpha value is -7.32. The lowest BCUT2D eigenvalue weighted by molar-refractivity contribution is -0.211. The van der Waals surface area contributed by atoms with Crippen LogP contribution in [0.25, 0.3) is 0 Å². The number of rotatable bonds is 14. The highest BCUT2D eigenvalue weighted by Gasteiger charge is 2.68. The summed E-state index contributed by atoms with van der Waals surface area (Å²) in [5, 5.41) is 32.7. The van der Waals surface area contributed by atoms with E-state index in [1.54, 1.807) is 20.8 Å². The number of hydrogen-bond donors (Lipinski definition) is 4. The van der Waals surface area contributed by atoms with E-state index >= 15 is 0 Å². The first-order chi connectivity index (χ1) is 50.5. The summed E-state index contributed by atoms with van der Waals surface area (Å²) >= 11 is 18.5. The van der Waals surface area contributed by atoms with Crippen molar-refractivity contribution < 1.29 is 148 Å². The van der Waals surface area contributed by atoms with Crippen molar-refractivity contribution in [2.45, 2.75) is 181 Å². The molecule has 0 bridgehead atoms. The number of carbonyl (C=O) groups is 2. The summed E-state index contributed by atoms with van der Waals surface area (Å²) < 4.78 is 375. The Balaban J connectivity index is 0.000000210. The average Bonchev–Trinajstić information content (AvgIpc) is 1.63. The number of ketones is 1. The summed E-state index contributed by atoms with van der Waals surface area (Å²) in [5.74, 6) is -0.400. The van der Waals surface area contributed by atoms with Gasteiger partial charge < -0.3 is 40.5 Å². The van der Waals surface area contributed by atoms with Crippen molar-refractivity contribution in [3.8, 4) is 0 Å². The summed E-state index contributed by atoms with van der Waals surface area (Å²) in [7, 11) is 0. The SMILES string of the molecule is CC(C)(C)OC(=O)CCc1ccc(N2CCC(c3cc(C(F)(F)F)cc(C(F)(F)F)c3)(C(F)(F)F)C2O)cc1Cl.NCc1ccc(N2CCC(c3cc(C(F)(F)F)cc(C(F)(F)F)c3)(C(F)(F)F)C2O)cc1Cl.O=C(CCc1ccc(N2CCC(c3cc(C(F)(F)F)cc(C(F)(F)F)c3)(C(F)(F)F)C2O)cc1Cl)C1CC1. The summed E-state index contributed by atoms with van der Waals surface area (Å²) in [6.45, 7) is 3.43. The van der Waals surface area contributed by atoms with Crippen LogP contribution in [0, 0.1) is 5.92 Å². The van der Waals surface area contributed by atoms with Gasteiger partial charge in [0, 0.05) is 77.1 Å². The third kappa shape index (κ3) is 19.2.